The van der Waals surface area contributed by atoms with Crippen molar-refractivity contribution in [3.8, 4) is 0 Å². The molecule has 0 aliphatic carbocycles. The van der Waals surface area contributed by atoms with Crippen LogP contribution in [0, 0.1) is 0 Å². The molecule has 0 aromatic carbocycles. The molecule has 0 heterocycles. The lowest BCUT2D eigenvalue weighted by atomic mass is 10.6. The lowest BCUT2D eigenvalue weighted by molar-refractivity contribution is 0.895. The van der Waals surface area contributed by atoms with Crippen LogP contribution in [0.15, 0.2) is 0 Å². The van der Waals surface area contributed by atoms with Gasteiger partial charge in [0.05, 0.1) is 0 Å². The van der Waals surface area contributed by atoms with E-state index in [1.54, 1.807) is 0 Å². The predicted molar refractivity (Wildman–Crippen MR) is 25.1 cm³/mol. The van der Waals surface area contributed by atoms with E-state index in [0.717, 1.165) is 0 Å². The van der Waals surface area contributed by atoms with Gasteiger partial charge in [0.25, 0.3) is 0 Å². The Kier molecular flexibility index (Phi) is 3.92. The van der Waals surface area contributed by atoms with Crippen LogP contribution in [0.25, 0.3) is 0 Å². The molecule has 0 rings (SSSR count). The molecule has 0 bridgehead atoms. The summed E-state index contributed by atoms with van der Waals surface area (Å²) in [6.07, 6.45) is 0. The zero-order valence-corrected chi connectivity index (χ0v) is 3.59. The van der Waals surface area contributed by atoms with Crippen molar-refractivity contribution in [3.63, 3.8) is 0 Å². The maximum Gasteiger partial charge on any atom is 0.346 e. The summed E-state index contributed by atoms with van der Waals surface area (Å²) in [5.74, 6) is 0. The Hall–Kier alpha value is 0.490. The summed E-state index contributed by atoms with van der Waals surface area (Å²) in [4.78, 5) is 0. The van der Waals surface area contributed by atoms with Gasteiger partial charge in [0.1, 0.15) is 7.57 Å². The highest BCUT2D eigenvalue weighted by Crippen LogP contribution is 1.91. The van der Waals surface area contributed by atoms with Crippen molar-refractivity contribution in [2.75, 3.05) is 0 Å². The molecule has 0 amide bonds. The van der Waals surface area contributed by atoms with Gasteiger partial charge in [-0.05, 0) is 0 Å². The monoisotopic (exact) mass is 76.0 g/mol. The average molecular weight is 75.6 g/mol. The van der Waals surface area contributed by atoms with Crippen LogP contribution < -0.4 is 0 Å². The Morgan fingerprint density at radius 1 is 2.00 bits per heavy atom. The van der Waals surface area contributed by atoms with Crippen LogP contribution in [0.2, 0.25) is 0 Å². The van der Waals surface area contributed by atoms with Crippen molar-refractivity contribution >= 4 is 23.2 Å². The molecule has 0 saturated heterocycles. The molecule has 1 atom stereocenters. The topological polar surface area (TPSA) is 0 Å². The van der Waals surface area contributed by atoms with E-state index in [2.05, 4.69) is 0 Å². The van der Waals surface area contributed by atoms with Crippen molar-refractivity contribution < 1.29 is 4.32 Å². The molecule has 0 fully saturated rings. The van der Waals surface area contributed by atoms with Crippen LogP contribution in [0.5, 0.6) is 0 Å². The first kappa shape index (κ1) is 4.49. The molecular formula is H4B2FP. The van der Waals surface area contributed by atoms with E-state index < -0.39 is 0 Å². The highest BCUT2D eigenvalue weighted by molar-refractivity contribution is 7.89. The minimum absolute atomic E-state index is 0.153. The van der Waals surface area contributed by atoms with Crippen molar-refractivity contribution in [1.82, 2.24) is 0 Å². The fourth-order valence-electron chi connectivity index (χ4n) is 0. The number of hydrogen-bond donors (Lipinski definition) is 0. The van der Waals surface area contributed by atoms with Gasteiger partial charge in [-0.2, -0.15) is 8.34 Å². The third kappa shape index (κ3) is 2.49. The fourth-order valence-corrected chi connectivity index (χ4v) is 0. The van der Waals surface area contributed by atoms with E-state index in [9.17, 15) is 4.32 Å². The second-order valence-corrected chi connectivity index (χ2v) is 1.46. The SMILES string of the molecule is BPBF. The molecule has 22 valence electrons. The quantitative estimate of drug-likeness (QED) is 0.290. The molecule has 4 heavy (non-hydrogen) atoms. The fraction of sp³-hybridized carbons (Fsp3) is 0. The van der Waals surface area contributed by atoms with Crippen LogP contribution in [0.3, 0.4) is 0 Å². The summed E-state index contributed by atoms with van der Waals surface area (Å²) in [5.41, 5.74) is 0. The minimum atomic E-state index is -0.153. The number of hydrogen-bond acceptors (Lipinski definition) is 0. The third-order valence-corrected chi connectivity index (χ3v) is 0.401. The molecule has 0 aliphatic heterocycles. The molecule has 0 aliphatic rings. The minimum Gasteiger partial charge on any atom is -0.336 e. The smallest absolute Gasteiger partial charge is 0.336 e. The number of rotatable bonds is 1. The van der Waals surface area contributed by atoms with Crippen LogP contribution in [0.4, 0.5) is 4.32 Å². The average Bonchev–Trinajstić information content (AvgIpc) is 1.37. The second-order valence-electron chi connectivity index (χ2n) is 0.487. The highest BCUT2D eigenvalue weighted by Gasteiger charge is 1.68. The van der Waals surface area contributed by atoms with Crippen LogP contribution >= 0.6 is 8.34 Å². The molecule has 0 aromatic rings. The summed E-state index contributed by atoms with van der Waals surface area (Å²) in [5, 5.41) is 0. The van der Waals surface area contributed by atoms with Crippen LogP contribution in [-0.2, 0) is 0 Å². The maximum absolute atomic E-state index is 10.7. The Labute approximate surface area is 28.6 Å². The van der Waals surface area contributed by atoms with Gasteiger partial charge >= 0.3 is 7.28 Å². The van der Waals surface area contributed by atoms with Gasteiger partial charge < -0.3 is 4.32 Å². The summed E-state index contributed by atoms with van der Waals surface area (Å²) in [6.45, 7) is 0. The molecular weight excluding hydrogens is 71.6 g/mol. The first-order chi connectivity index (χ1) is 1.91. The van der Waals surface area contributed by atoms with Gasteiger partial charge in [-0.15, -0.1) is 0 Å². The molecule has 0 nitrogen and oxygen atoms in total. The summed E-state index contributed by atoms with van der Waals surface area (Å²) in [6, 6.07) is 0. The predicted octanol–water partition coefficient (Wildman–Crippen LogP) is -0.551. The molecule has 0 radical (unpaired) electrons. The Morgan fingerprint density at radius 2 is 2.25 bits per heavy atom. The lowest BCUT2D eigenvalue weighted by Crippen LogP contribution is -1.54. The van der Waals surface area contributed by atoms with Crippen molar-refractivity contribution in [1.29, 1.82) is 0 Å². The van der Waals surface area contributed by atoms with E-state index in [1.807, 2.05) is 7.57 Å². The van der Waals surface area contributed by atoms with Gasteiger partial charge in [0, 0.05) is 0 Å². The standard InChI is InChI=1S/B2FH4P/c1-4-2-3/h2,4H,1H2. The molecule has 0 N–H and O–H groups in total. The molecule has 0 spiro atoms. The Bertz CT molecular complexity index is 8.00. The summed E-state index contributed by atoms with van der Waals surface area (Å²) < 4.78 is 10.7. The molecule has 1 unspecified atom stereocenters. The largest absolute Gasteiger partial charge is 0.346 e. The first-order valence-electron chi connectivity index (χ1n) is 1.12. The van der Waals surface area contributed by atoms with Gasteiger partial charge in [-0.3, -0.25) is 0 Å². The lowest BCUT2D eigenvalue weighted by Gasteiger charge is -1.60. The van der Waals surface area contributed by atoms with Crippen molar-refractivity contribution in [3.05, 3.63) is 0 Å². The summed E-state index contributed by atoms with van der Waals surface area (Å²) in [7, 11) is 2.15. The van der Waals surface area contributed by atoms with E-state index in [4.69, 9.17) is 0 Å². The molecule has 4 heteroatoms. The Morgan fingerprint density at radius 3 is 2.25 bits per heavy atom. The number of halogens is 1. The van der Waals surface area contributed by atoms with E-state index in [1.165, 1.54) is 0 Å². The zero-order valence-electron chi connectivity index (χ0n) is 2.59. The van der Waals surface area contributed by atoms with Gasteiger partial charge in [0.2, 0.25) is 0 Å². The van der Waals surface area contributed by atoms with Gasteiger partial charge in [0.15, 0.2) is 0 Å². The normalized spacial score (nSPS) is 9.25. The maximum atomic E-state index is 10.7. The van der Waals surface area contributed by atoms with Gasteiger partial charge in [-0.1, -0.05) is 0 Å². The highest BCUT2D eigenvalue weighted by atomic mass is 31.1. The second kappa shape index (κ2) is 3.49. The van der Waals surface area contributed by atoms with E-state index >= 15 is 0 Å². The molecule has 0 saturated carbocycles. The zero-order chi connectivity index (χ0) is 3.41. The third-order valence-electron chi connectivity index (χ3n) is 0.134. The summed E-state index contributed by atoms with van der Waals surface area (Å²) >= 11 is 0. The van der Waals surface area contributed by atoms with Gasteiger partial charge in [-0.25, -0.2) is 0 Å². The van der Waals surface area contributed by atoms with Crippen LogP contribution in [-0.4, -0.2) is 14.8 Å². The molecule has 0 aromatic heterocycles. The van der Waals surface area contributed by atoms with E-state index in [-0.39, 0.29) is 7.28 Å². The van der Waals surface area contributed by atoms with Crippen molar-refractivity contribution in [2.24, 2.45) is 0 Å². The Balaban J connectivity index is 1.97. The first-order valence-corrected chi connectivity index (χ1v) is 2.83. The van der Waals surface area contributed by atoms with Crippen molar-refractivity contribution in [2.45, 2.75) is 0 Å². The van der Waals surface area contributed by atoms with Crippen LogP contribution in [0.1, 0.15) is 0 Å². The van der Waals surface area contributed by atoms with E-state index in [0.29, 0.717) is 8.34 Å².